The smallest absolute Gasteiger partial charge is 0.0384 e. The molecule has 0 aliphatic carbocycles. The van der Waals surface area contributed by atoms with Gasteiger partial charge in [-0.15, -0.1) is 22.7 Å². The molecule has 0 bridgehead atoms. The zero-order chi connectivity index (χ0) is 22.2. The molecule has 166 valence electrons. The first-order chi connectivity index (χ1) is 15.7. The molecule has 3 aromatic carbocycles. The topological polar surface area (TPSA) is 0 Å². The van der Waals surface area contributed by atoms with Crippen molar-refractivity contribution in [1.82, 2.24) is 0 Å². The van der Waals surface area contributed by atoms with Crippen molar-refractivity contribution in [2.75, 3.05) is 23.0 Å². The SMILES string of the molecule is SCCc1c2cc3c(CCS)c4sccc4c(CCS)c3cc2c(CCS)c2sccc12. The standard InChI is InChI=1S/C26H26S6/c27-7-1-15-19-5-11-31-25(19)17(3-9-29)23-14-22-16(2-8-28)20-6-12-32-26(20)18(4-10-30)24(22)13-21(15)23/h5-6,11-14,27-30H,1-4,7-10H2. The molecule has 5 rings (SSSR count). The van der Waals surface area contributed by atoms with Crippen molar-refractivity contribution >= 4 is 115 Å². The molecule has 0 spiro atoms. The van der Waals surface area contributed by atoms with E-state index in [1.54, 1.807) is 0 Å². The van der Waals surface area contributed by atoms with E-state index in [9.17, 15) is 0 Å². The number of fused-ring (bicyclic) bond motifs is 4. The third kappa shape index (κ3) is 3.79. The van der Waals surface area contributed by atoms with Gasteiger partial charge in [0.05, 0.1) is 0 Å². The monoisotopic (exact) mass is 530 g/mol. The van der Waals surface area contributed by atoms with Gasteiger partial charge in [-0.2, -0.15) is 50.5 Å². The summed E-state index contributed by atoms with van der Waals surface area (Å²) in [5.74, 6) is 3.40. The molecule has 0 radical (unpaired) electrons. The van der Waals surface area contributed by atoms with Crippen molar-refractivity contribution in [1.29, 1.82) is 0 Å². The zero-order valence-electron chi connectivity index (χ0n) is 17.7. The summed E-state index contributed by atoms with van der Waals surface area (Å²) in [5, 5.41) is 12.8. The predicted molar refractivity (Wildman–Crippen MR) is 162 cm³/mol. The fourth-order valence-corrected chi connectivity index (χ4v) is 8.10. The Hall–Kier alpha value is -0.500. The van der Waals surface area contributed by atoms with E-state index in [1.807, 2.05) is 22.7 Å². The summed E-state index contributed by atoms with van der Waals surface area (Å²) in [6.45, 7) is 0. The van der Waals surface area contributed by atoms with Gasteiger partial charge in [-0.1, -0.05) is 0 Å². The molecule has 0 nitrogen and oxygen atoms in total. The molecule has 0 fully saturated rings. The average molecular weight is 531 g/mol. The van der Waals surface area contributed by atoms with E-state index in [0.717, 1.165) is 48.7 Å². The maximum absolute atomic E-state index is 4.62. The normalized spacial score (nSPS) is 12.1. The van der Waals surface area contributed by atoms with Gasteiger partial charge in [0.25, 0.3) is 0 Å². The van der Waals surface area contributed by atoms with Gasteiger partial charge in [0, 0.05) is 9.40 Å². The van der Waals surface area contributed by atoms with Crippen molar-refractivity contribution in [3.63, 3.8) is 0 Å². The largest absolute Gasteiger partial charge is 0.179 e. The van der Waals surface area contributed by atoms with Crippen LogP contribution in [0.25, 0.3) is 41.7 Å². The second-order valence-electron chi connectivity index (χ2n) is 8.08. The third-order valence-corrected chi connectivity index (χ3v) is 9.28. The number of hydrogen-bond donors (Lipinski definition) is 4. The lowest BCUT2D eigenvalue weighted by Gasteiger charge is -2.19. The second-order valence-corrected chi connectivity index (χ2v) is 11.7. The van der Waals surface area contributed by atoms with Gasteiger partial charge in [0.15, 0.2) is 0 Å². The van der Waals surface area contributed by atoms with Gasteiger partial charge in [-0.05, 0) is 138 Å². The van der Waals surface area contributed by atoms with Crippen LogP contribution >= 0.6 is 73.2 Å². The van der Waals surface area contributed by atoms with Crippen LogP contribution in [0.4, 0.5) is 0 Å². The van der Waals surface area contributed by atoms with Crippen molar-refractivity contribution < 1.29 is 0 Å². The molecule has 0 atom stereocenters. The summed E-state index contributed by atoms with van der Waals surface area (Å²) in [6.07, 6.45) is 3.92. The molecule has 2 heterocycles. The average Bonchev–Trinajstić information content (AvgIpc) is 3.47. The number of thiol groups is 4. The van der Waals surface area contributed by atoms with Gasteiger partial charge in [-0.25, -0.2) is 0 Å². The van der Waals surface area contributed by atoms with Crippen LogP contribution in [0.15, 0.2) is 35.0 Å². The van der Waals surface area contributed by atoms with E-state index in [0.29, 0.717) is 0 Å². The highest BCUT2D eigenvalue weighted by Gasteiger charge is 2.19. The predicted octanol–water partition coefficient (Wildman–Crippen LogP) is 8.31. The number of rotatable bonds is 8. The summed E-state index contributed by atoms with van der Waals surface area (Å²) in [6, 6.07) is 9.58. The van der Waals surface area contributed by atoms with Crippen LogP contribution in [0.2, 0.25) is 0 Å². The van der Waals surface area contributed by atoms with Crippen LogP contribution in [-0.4, -0.2) is 23.0 Å². The molecule has 0 unspecified atom stereocenters. The van der Waals surface area contributed by atoms with Gasteiger partial charge >= 0.3 is 0 Å². The fourth-order valence-electron chi connectivity index (χ4n) is 5.18. The Kier molecular flexibility index (Phi) is 7.27. The summed E-state index contributed by atoms with van der Waals surface area (Å²) < 4.78 is 2.84. The molecule has 0 N–H and O–H groups in total. The zero-order valence-corrected chi connectivity index (χ0v) is 22.9. The number of aryl methyl sites for hydroxylation is 4. The lowest BCUT2D eigenvalue weighted by molar-refractivity contribution is 1.18. The first-order valence-corrected chi connectivity index (χ1v) is 15.2. The lowest BCUT2D eigenvalue weighted by Crippen LogP contribution is -2.00. The maximum Gasteiger partial charge on any atom is 0.0384 e. The highest BCUT2D eigenvalue weighted by Crippen LogP contribution is 2.43. The Balaban J connectivity index is 2.01. The number of thiophene rings is 2. The molecule has 2 aromatic heterocycles. The molecule has 0 saturated carbocycles. The number of benzene rings is 3. The van der Waals surface area contributed by atoms with E-state index in [4.69, 9.17) is 0 Å². The van der Waals surface area contributed by atoms with Crippen molar-refractivity contribution in [3.8, 4) is 0 Å². The van der Waals surface area contributed by atoms with Crippen LogP contribution < -0.4 is 0 Å². The Morgan fingerprint density at radius 1 is 0.469 bits per heavy atom. The Morgan fingerprint density at radius 3 is 1.19 bits per heavy atom. The molecule has 5 aromatic rings. The molecular formula is C26H26S6. The Labute approximate surface area is 219 Å². The number of hydrogen-bond acceptors (Lipinski definition) is 6. The highest BCUT2D eigenvalue weighted by atomic mass is 32.1. The van der Waals surface area contributed by atoms with E-state index in [2.05, 4.69) is 85.5 Å². The first kappa shape index (κ1) is 23.3. The van der Waals surface area contributed by atoms with Crippen molar-refractivity contribution in [2.45, 2.75) is 25.7 Å². The van der Waals surface area contributed by atoms with Crippen molar-refractivity contribution in [3.05, 3.63) is 57.3 Å². The van der Waals surface area contributed by atoms with Crippen LogP contribution in [-0.2, 0) is 25.7 Å². The van der Waals surface area contributed by atoms with Gasteiger partial charge in [0.2, 0.25) is 0 Å². The summed E-state index contributed by atoms with van der Waals surface area (Å²) in [4.78, 5) is 0. The fraction of sp³-hybridized carbons (Fsp3) is 0.308. The molecule has 32 heavy (non-hydrogen) atoms. The van der Waals surface area contributed by atoms with Crippen LogP contribution in [0.1, 0.15) is 22.3 Å². The summed E-state index contributed by atoms with van der Waals surface area (Å²) in [5.41, 5.74) is 5.77. The molecule has 0 aliphatic heterocycles. The first-order valence-electron chi connectivity index (χ1n) is 11.0. The third-order valence-electron chi connectivity index (χ3n) is 6.43. The van der Waals surface area contributed by atoms with Crippen LogP contribution in [0.5, 0.6) is 0 Å². The second kappa shape index (κ2) is 10.0. The Bertz CT molecular complexity index is 1220. The van der Waals surface area contributed by atoms with E-state index < -0.39 is 0 Å². The van der Waals surface area contributed by atoms with E-state index in [1.165, 1.54) is 64.0 Å². The van der Waals surface area contributed by atoms with E-state index >= 15 is 0 Å². The lowest BCUT2D eigenvalue weighted by atomic mass is 9.87. The summed E-state index contributed by atoms with van der Waals surface area (Å²) >= 11 is 22.2. The Morgan fingerprint density at radius 2 is 0.812 bits per heavy atom. The minimum Gasteiger partial charge on any atom is -0.179 e. The minimum atomic E-state index is 0.850. The van der Waals surface area contributed by atoms with Gasteiger partial charge in [0.1, 0.15) is 0 Å². The quantitative estimate of drug-likeness (QED) is 0.113. The van der Waals surface area contributed by atoms with Crippen LogP contribution in [0, 0.1) is 0 Å². The van der Waals surface area contributed by atoms with Gasteiger partial charge in [-0.3, -0.25) is 0 Å². The maximum atomic E-state index is 4.62. The summed E-state index contributed by atoms with van der Waals surface area (Å²) in [7, 11) is 0. The van der Waals surface area contributed by atoms with E-state index in [-0.39, 0.29) is 0 Å². The molecule has 0 aliphatic rings. The molecule has 0 saturated heterocycles. The van der Waals surface area contributed by atoms with Crippen molar-refractivity contribution in [2.24, 2.45) is 0 Å². The minimum absolute atomic E-state index is 0.850. The van der Waals surface area contributed by atoms with Crippen LogP contribution in [0.3, 0.4) is 0 Å². The molecule has 6 heteroatoms. The van der Waals surface area contributed by atoms with Gasteiger partial charge < -0.3 is 0 Å². The molecule has 0 amide bonds. The molecular weight excluding hydrogens is 505 g/mol. The highest BCUT2D eigenvalue weighted by molar-refractivity contribution is 7.80.